The van der Waals surface area contributed by atoms with Crippen molar-refractivity contribution in [3.8, 4) is 0 Å². The van der Waals surface area contributed by atoms with Crippen LogP contribution in [-0.2, 0) is 9.59 Å². The summed E-state index contributed by atoms with van der Waals surface area (Å²) in [5, 5.41) is 24.3. The number of carbonyl (C=O) groups is 2. The van der Waals surface area contributed by atoms with E-state index < -0.39 is 17.4 Å². The van der Waals surface area contributed by atoms with E-state index in [1.807, 2.05) is 0 Å². The minimum atomic E-state index is -1.29. The Balaban J connectivity index is 3.64. The van der Waals surface area contributed by atoms with Crippen LogP contribution in [0.4, 0.5) is 0 Å². The number of nitrogens with one attached hydrogen (secondary N) is 2. The van der Waals surface area contributed by atoms with Crippen molar-refractivity contribution in [1.82, 2.24) is 10.6 Å². The van der Waals surface area contributed by atoms with Crippen LogP contribution in [0.1, 0.15) is 72.1 Å². The first-order valence-electron chi connectivity index (χ1n) is 9.18. The Hall–Kier alpha value is -1.14. The first-order chi connectivity index (χ1) is 11.3. The highest BCUT2D eigenvalue weighted by atomic mass is 16.3. The summed E-state index contributed by atoms with van der Waals surface area (Å²) in [6, 6.07) is 0. The molecule has 0 heterocycles. The second-order valence-corrected chi connectivity index (χ2v) is 7.06. The van der Waals surface area contributed by atoms with E-state index in [1.165, 1.54) is 32.1 Å². The monoisotopic (exact) mass is 344 g/mol. The van der Waals surface area contributed by atoms with Crippen molar-refractivity contribution in [2.24, 2.45) is 5.41 Å². The van der Waals surface area contributed by atoms with E-state index in [1.54, 1.807) is 13.8 Å². The van der Waals surface area contributed by atoms with E-state index >= 15 is 0 Å². The van der Waals surface area contributed by atoms with Gasteiger partial charge < -0.3 is 20.8 Å². The zero-order chi connectivity index (χ0) is 18.4. The molecule has 0 spiro atoms. The molecule has 142 valence electrons. The fourth-order valence-electron chi connectivity index (χ4n) is 2.24. The lowest BCUT2D eigenvalue weighted by Gasteiger charge is -2.27. The van der Waals surface area contributed by atoms with Gasteiger partial charge in [0.25, 0.3) is 0 Å². The van der Waals surface area contributed by atoms with Gasteiger partial charge in [0.1, 0.15) is 6.10 Å². The summed E-state index contributed by atoms with van der Waals surface area (Å²) in [6.45, 7) is 5.96. The van der Waals surface area contributed by atoms with Gasteiger partial charge in [-0.2, -0.15) is 0 Å². The fourth-order valence-corrected chi connectivity index (χ4v) is 2.24. The Morgan fingerprint density at radius 2 is 1.54 bits per heavy atom. The number of rotatable bonds is 14. The van der Waals surface area contributed by atoms with Gasteiger partial charge in [0, 0.05) is 24.9 Å². The summed E-state index contributed by atoms with van der Waals surface area (Å²) in [6.07, 6.45) is 7.32. The van der Waals surface area contributed by atoms with Gasteiger partial charge in [-0.25, -0.2) is 0 Å². The van der Waals surface area contributed by atoms with Gasteiger partial charge in [-0.15, -0.1) is 0 Å². The maximum atomic E-state index is 11.7. The Labute approximate surface area is 146 Å². The summed E-state index contributed by atoms with van der Waals surface area (Å²) < 4.78 is 0. The van der Waals surface area contributed by atoms with E-state index in [0.29, 0.717) is 6.54 Å². The van der Waals surface area contributed by atoms with Crippen molar-refractivity contribution < 1.29 is 19.8 Å². The maximum Gasteiger partial charge on any atom is 0.249 e. The number of aliphatic hydroxyl groups is 2. The molecule has 0 rings (SSSR count). The van der Waals surface area contributed by atoms with E-state index in [2.05, 4.69) is 17.6 Å². The summed E-state index contributed by atoms with van der Waals surface area (Å²) >= 11 is 0. The molecule has 0 bridgehead atoms. The molecule has 4 N–H and O–H groups in total. The van der Waals surface area contributed by atoms with Gasteiger partial charge in [0.05, 0.1) is 6.61 Å². The third kappa shape index (κ3) is 10.6. The Kier molecular flexibility index (Phi) is 12.6. The largest absolute Gasteiger partial charge is 0.396 e. The standard InChI is InChI=1S/C18H36N2O4/c1-4-5-6-7-8-9-10-12-19-15(22)11-13-20-17(24)16(23)18(2,3)14-21/h16,21,23H,4-14H2,1-3H3,(H,19,22)(H,20,24). The summed E-state index contributed by atoms with van der Waals surface area (Å²) in [7, 11) is 0. The predicted molar refractivity (Wildman–Crippen MR) is 95.5 cm³/mol. The number of unbranched alkanes of at least 4 members (excludes halogenated alkanes) is 6. The van der Waals surface area contributed by atoms with Crippen molar-refractivity contribution in [2.45, 2.75) is 78.2 Å². The minimum absolute atomic E-state index is 0.0998. The molecular weight excluding hydrogens is 308 g/mol. The summed E-state index contributed by atoms with van der Waals surface area (Å²) in [5.41, 5.74) is -0.899. The SMILES string of the molecule is CCCCCCCCCNC(=O)CCNC(=O)C(O)C(C)(C)CO. The van der Waals surface area contributed by atoms with Crippen molar-refractivity contribution >= 4 is 11.8 Å². The van der Waals surface area contributed by atoms with Gasteiger partial charge in [-0.05, 0) is 6.42 Å². The van der Waals surface area contributed by atoms with Gasteiger partial charge in [0.15, 0.2) is 0 Å². The number of aliphatic hydroxyl groups excluding tert-OH is 2. The van der Waals surface area contributed by atoms with Gasteiger partial charge in [-0.1, -0.05) is 59.3 Å². The maximum absolute atomic E-state index is 11.7. The lowest BCUT2D eigenvalue weighted by molar-refractivity contribution is -0.137. The smallest absolute Gasteiger partial charge is 0.249 e. The molecule has 0 aromatic rings. The predicted octanol–water partition coefficient (Wildman–Crippen LogP) is 1.74. The molecule has 0 saturated heterocycles. The van der Waals surface area contributed by atoms with Crippen LogP contribution in [0, 0.1) is 5.41 Å². The van der Waals surface area contributed by atoms with Gasteiger partial charge >= 0.3 is 0 Å². The molecule has 6 heteroatoms. The second-order valence-electron chi connectivity index (χ2n) is 7.06. The fraction of sp³-hybridized carbons (Fsp3) is 0.889. The van der Waals surface area contributed by atoms with Gasteiger partial charge in [-0.3, -0.25) is 9.59 Å². The number of hydrogen-bond donors (Lipinski definition) is 4. The van der Waals surface area contributed by atoms with Crippen LogP contribution < -0.4 is 10.6 Å². The van der Waals surface area contributed by atoms with Crippen LogP contribution in [0.15, 0.2) is 0 Å². The Morgan fingerprint density at radius 3 is 2.12 bits per heavy atom. The molecule has 0 aromatic heterocycles. The van der Waals surface area contributed by atoms with Crippen molar-refractivity contribution in [3.63, 3.8) is 0 Å². The number of amides is 2. The average molecular weight is 344 g/mol. The zero-order valence-electron chi connectivity index (χ0n) is 15.6. The molecule has 1 unspecified atom stereocenters. The highest BCUT2D eigenvalue weighted by Gasteiger charge is 2.32. The quantitative estimate of drug-likeness (QED) is 0.361. The molecule has 0 fully saturated rings. The average Bonchev–Trinajstić information content (AvgIpc) is 2.56. The van der Waals surface area contributed by atoms with E-state index in [9.17, 15) is 14.7 Å². The van der Waals surface area contributed by atoms with Crippen LogP contribution in [0.5, 0.6) is 0 Å². The van der Waals surface area contributed by atoms with Crippen LogP contribution in [0.2, 0.25) is 0 Å². The molecule has 0 aliphatic rings. The molecule has 0 aromatic carbocycles. The highest BCUT2D eigenvalue weighted by Crippen LogP contribution is 2.19. The Morgan fingerprint density at radius 1 is 0.958 bits per heavy atom. The molecule has 6 nitrogen and oxygen atoms in total. The molecular formula is C18H36N2O4. The molecule has 0 radical (unpaired) electrons. The zero-order valence-corrected chi connectivity index (χ0v) is 15.6. The first kappa shape index (κ1) is 22.9. The van der Waals surface area contributed by atoms with Crippen LogP contribution >= 0.6 is 0 Å². The van der Waals surface area contributed by atoms with Crippen molar-refractivity contribution in [3.05, 3.63) is 0 Å². The number of hydrogen-bond acceptors (Lipinski definition) is 4. The van der Waals surface area contributed by atoms with Crippen LogP contribution in [-0.4, -0.2) is 47.8 Å². The summed E-state index contributed by atoms with van der Waals surface area (Å²) in [4.78, 5) is 23.4. The molecule has 2 amide bonds. The molecule has 1 atom stereocenters. The molecule has 0 aliphatic carbocycles. The normalized spacial score (nSPS) is 12.7. The minimum Gasteiger partial charge on any atom is -0.396 e. The first-order valence-corrected chi connectivity index (χ1v) is 9.18. The number of carbonyl (C=O) groups excluding carboxylic acids is 2. The van der Waals surface area contributed by atoms with Crippen molar-refractivity contribution in [2.75, 3.05) is 19.7 Å². The highest BCUT2D eigenvalue weighted by molar-refractivity contribution is 5.82. The third-order valence-electron chi connectivity index (χ3n) is 4.15. The molecule has 0 aliphatic heterocycles. The van der Waals surface area contributed by atoms with Crippen LogP contribution in [0.3, 0.4) is 0 Å². The van der Waals surface area contributed by atoms with Crippen molar-refractivity contribution in [1.29, 1.82) is 0 Å². The van der Waals surface area contributed by atoms with E-state index in [4.69, 9.17) is 5.11 Å². The lowest BCUT2D eigenvalue weighted by Crippen LogP contribution is -2.46. The Bertz CT molecular complexity index is 359. The molecule has 24 heavy (non-hydrogen) atoms. The second kappa shape index (κ2) is 13.2. The van der Waals surface area contributed by atoms with E-state index in [-0.39, 0.29) is 25.5 Å². The topological polar surface area (TPSA) is 98.7 Å². The lowest BCUT2D eigenvalue weighted by atomic mass is 9.87. The third-order valence-corrected chi connectivity index (χ3v) is 4.15. The van der Waals surface area contributed by atoms with Gasteiger partial charge in [0.2, 0.25) is 11.8 Å². The van der Waals surface area contributed by atoms with Crippen LogP contribution in [0.25, 0.3) is 0 Å². The molecule has 0 saturated carbocycles. The van der Waals surface area contributed by atoms with E-state index in [0.717, 1.165) is 12.8 Å². The summed E-state index contributed by atoms with van der Waals surface area (Å²) in [5.74, 6) is -0.661.